The van der Waals surface area contributed by atoms with Crippen molar-refractivity contribution < 1.29 is 13.6 Å². The molecule has 30 heavy (non-hydrogen) atoms. The number of benzene rings is 1. The van der Waals surface area contributed by atoms with Crippen molar-refractivity contribution in [2.75, 3.05) is 11.1 Å². The van der Waals surface area contributed by atoms with E-state index in [4.69, 9.17) is 4.42 Å². The van der Waals surface area contributed by atoms with E-state index in [1.165, 1.54) is 24.3 Å². The number of hydrogen-bond acceptors (Lipinski definition) is 7. The molecule has 0 aliphatic rings. The second-order valence-electron chi connectivity index (χ2n) is 6.19. The van der Waals surface area contributed by atoms with Crippen LogP contribution in [0.2, 0.25) is 0 Å². The van der Waals surface area contributed by atoms with Gasteiger partial charge in [0, 0.05) is 17.8 Å². The van der Waals surface area contributed by atoms with Gasteiger partial charge < -0.3 is 14.7 Å². The van der Waals surface area contributed by atoms with Crippen molar-refractivity contribution in [2.45, 2.75) is 25.1 Å². The zero-order valence-corrected chi connectivity index (χ0v) is 16.8. The topological polar surface area (TPSA) is 123 Å². The lowest BCUT2D eigenvalue weighted by Crippen LogP contribution is -2.37. The van der Waals surface area contributed by atoms with E-state index in [0.29, 0.717) is 11.3 Å². The van der Waals surface area contributed by atoms with Crippen LogP contribution in [-0.2, 0) is 17.8 Å². The Balaban J connectivity index is 1.66. The van der Waals surface area contributed by atoms with Crippen molar-refractivity contribution in [3.05, 3.63) is 80.7 Å². The minimum absolute atomic E-state index is 0.0214. The summed E-state index contributed by atoms with van der Waals surface area (Å²) >= 11 is 0.978. The molecule has 0 bridgehead atoms. The number of H-pyrrole nitrogens is 1. The number of nitrogens with zero attached hydrogens (tertiary/aromatic N) is 3. The van der Waals surface area contributed by atoms with Crippen LogP contribution in [0, 0.1) is 12.7 Å². The lowest BCUT2D eigenvalue weighted by molar-refractivity contribution is -0.113. The molecule has 3 rings (SSSR count). The molecule has 2 heterocycles. The van der Waals surface area contributed by atoms with Gasteiger partial charge in [-0.05, 0) is 19.1 Å². The van der Waals surface area contributed by atoms with Crippen molar-refractivity contribution in [2.24, 2.45) is 0 Å². The fraction of sp³-hybridized carbons (Fsp3) is 0.211. The van der Waals surface area contributed by atoms with Gasteiger partial charge in [0.2, 0.25) is 11.8 Å². The van der Waals surface area contributed by atoms with E-state index in [0.717, 1.165) is 16.3 Å². The third-order valence-electron chi connectivity index (χ3n) is 4.06. The number of aromatic amines is 1. The maximum absolute atomic E-state index is 13.6. The molecule has 0 radical (unpaired) electrons. The minimum Gasteiger partial charge on any atom is -0.416 e. The molecular formula is C19H18FN5O4S. The molecule has 1 aromatic carbocycles. The van der Waals surface area contributed by atoms with Gasteiger partial charge in [0.05, 0.1) is 17.9 Å². The molecule has 0 aliphatic heterocycles. The first-order valence-corrected chi connectivity index (χ1v) is 9.80. The number of carbonyl (C=O) groups is 1. The van der Waals surface area contributed by atoms with Gasteiger partial charge in [0.25, 0.3) is 10.8 Å². The zero-order chi connectivity index (χ0) is 21.7. The second kappa shape index (κ2) is 9.35. The van der Waals surface area contributed by atoms with E-state index < -0.39 is 23.0 Å². The molecule has 1 amide bonds. The molecule has 2 N–H and O–H groups in total. The highest BCUT2D eigenvalue weighted by molar-refractivity contribution is 7.99. The molecule has 0 saturated carbocycles. The molecule has 9 nitrogen and oxygen atoms in total. The summed E-state index contributed by atoms with van der Waals surface area (Å²) in [5.74, 6) is -0.882. The first-order valence-electron chi connectivity index (χ1n) is 8.82. The van der Waals surface area contributed by atoms with Crippen LogP contribution in [0.25, 0.3) is 0 Å². The SMILES string of the molecule is C=CCn1c(=O)[nH]c(C)c(Cc2nnc(SCC(=O)Nc3ccccc3F)o2)c1=O. The fourth-order valence-electron chi connectivity index (χ4n) is 2.62. The summed E-state index contributed by atoms with van der Waals surface area (Å²) in [5.41, 5.74) is -0.189. The van der Waals surface area contributed by atoms with E-state index >= 15 is 0 Å². The summed E-state index contributed by atoms with van der Waals surface area (Å²) in [6, 6.07) is 5.83. The van der Waals surface area contributed by atoms with Crippen LogP contribution >= 0.6 is 11.8 Å². The molecule has 156 valence electrons. The average molecular weight is 431 g/mol. The number of rotatable bonds is 8. The highest BCUT2D eigenvalue weighted by Crippen LogP contribution is 2.19. The van der Waals surface area contributed by atoms with Crippen LogP contribution in [-0.4, -0.2) is 31.4 Å². The predicted octanol–water partition coefficient (Wildman–Crippen LogP) is 1.87. The Hall–Kier alpha value is -3.47. The van der Waals surface area contributed by atoms with Gasteiger partial charge >= 0.3 is 5.69 Å². The van der Waals surface area contributed by atoms with Gasteiger partial charge in [-0.2, -0.15) is 0 Å². The first kappa shape index (κ1) is 21.2. The van der Waals surface area contributed by atoms with Crippen molar-refractivity contribution in [3.63, 3.8) is 0 Å². The Bertz CT molecular complexity index is 1200. The minimum atomic E-state index is -0.533. The van der Waals surface area contributed by atoms with Crippen LogP contribution in [0.5, 0.6) is 0 Å². The summed E-state index contributed by atoms with van der Waals surface area (Å²) in [5, 5.41) is 10.3. The Kier molecular flexibility index (Phi) is 6.62. The van der Waals surface area contributed by atoms with Crippen molar-refractivity contribution >= 4 is 23.4 Å². The van der Waals surface area contributed by atoms with Gasteiger partial charge in [-0.25, -0.2) is 9.18 Å². The van der Waals surface area contributed by atoms with E-state index in [2.05, 4.69) is 27.1 Å². The number of hydrogen-bond donors (Lipinski definition) is 2. The average Bonchev–Trinajstić information content (AvgIpc) is 3.16. The number of allylic oxidation sites excluding steroid dienone is 1. The quantitative estimate of drug-likeness (QED) is 0.412. The van der Waals surface area contributed by atoms with Crippen molar-refractivity contribution in [1.29, 1.82) is 0 Å². The normalized spacial score (nSPS) is 10.7. The fourth-order valence-corrected chi connectivity index (χ4v) is 3.20. The summed E-state index contributed by atoms with van der Waals surface area (Å²) in [4.78, 5) is 39.0. The number of para-hydroxylation sites is 1. The largest absolute Gasteiger partial charge is 0.416 e. The lowest BCUT2D eigenvalue weighted by atomic mass is 10.1. The summed E-state index contributed by atoms with van der Waals surface area (Å²) in [6.45, 7) is 5.21. The number of aryl methyl sites for hydroxylation is 1. The van der Waals surface area contributed by atoms with Crippen molar-refractivity contribution in [1.82, 2.24) is 19.7 Å². The Morgan fingerprint density at radius 1 is 1.37 bits per heavy atom. The molecule has 0 unspecified atom stereocenters. The van der Waals surface area contributed by atoms with Crippen LogP contribution in [0.1, 0.15) is 17.1 Å². The molecule has 11 heteroatoms. The Morgan fingerprint density at radius 2 is 2.13 bits per heavy atom. The summed E-state index contributed by atoms with van der Waals surface area (Å²) < 4.78 is 20.1. The molecule has 0 atom stereocenters. The van der Waals surface area contributed by atoms with Crippen LogP contribution in [0.4, 0.5) is 10.1 Å². The summed E-state index contributed by atoms with van der Waals surface area (Å²) in [7, 11) is 0. The van der Waals surface area contributed by atoms with Crippen molar-refractivity contribution in [3.8, 4) is 0 Å². The number of carbonyl (C=O) groups excluding carboxylic acids is 1. The number of aromatic nitrogens is 4. The summed E-state index contributed by atoms with van der Waals surface area (Å²) in [6.07, 6.45) is 1.47. The van der Waals surface area contributed by atoms with Crippen LogP contribution in [0.3, 0.4) is 0 Å². The molecule has 0 aliphatic carbocycles. The number of thioether (sulfide) groups is 1. The molecule has 0 spiro atoms. The molecule has 2 aromatic heterocycles. The maximum Gasteiger partial charge on any atom is 0.328 e. The number of anilines is 1. The lowest BCUT2D eigenvalue weighted by Gasteiger charge is -2.06. The van der Waals surface area contributed by atoms with Crippen LogP contribution < -0.4 is 16.6 Å². The van der Waals surface area contributed by atoms with E-state index in [1.54, 1.807) is 13.0 Å². The van der Waals surface area contributed by atoms with Gasteiger partial charge in [-0.15, -0.1) is 16.8 Å². The number of halogens is 1. The third kappa shape index (κ3) is 4.92. The monoisotopic (exact) mass is 431 g/mol. The smallest absolute Gasteiger partial charge is 0.328 e. The standard InChI is InChI=1S/C19H18FN5O4S/c1-3-8-25-17(27)12(11(2)21-18(25)28)9-16-23-24-19(29-16)30-10-15(26)22-14-7-5-4-6-13(14)20/h3-7H,1,8-10H2,2H3,(H,21,28)(H,22,26). The van der Waals surface area contributed by atoms with Crippen LogP contribution in [0.15, 0.2) is 56.1 Å². The maximum atomic E-state index is 13.6. The third-order valence-corrected chi connectivity index (χ3v) is 4.88. The molecule has 0 saturated heterocycles. The van der Waals surface area contributed by atoms with E-state index in [-0.39, 0.29) is 35.5 Å². The van der Waals surface area contributed by atoms with E-state index in [9.17, 15) is 18.8 Å². The number of amides is 1. The van der Waals surface area contributed by atoms with Gasteiger partial charge in [0.1, 0.15) is 5.82 Å². The highest BCUT2D eigenvalue weighted by atomic mass is 32.2. The molecule has 3 aromatic rings. The number of nitrogens with one attached hydrogen (secondary N) is 2. The van der Waals surface area contributed by atoms with Gasteiger partial charge in [-0.3, -0.25) is 14.2 Å². The zero-order valence-electron chi connectivity index (χ0n) is 16.0. The molecular weight excluding hydrogens is 413 g/mol. The first-order chi connectivity index (χ1) is 14.4. The Morgan fingerprint density at radius 3 is 2.87 bits per heavy atom. The predicted molar refractivity (Wildman–Crippen MR) is 109 cm³/mol. The van der Waals surface area contributed by atoms with E-state index in [1.807, 2.05) is 0 Å². The van der Waals surface area contributed by atoms with Gasteiger partial charge in [-0.1, -0.05) is 30.0 Å². The highest BCUT2D eigenvalue weighted by Gasteiger charge is 2.16. The van der Waals surface area contributed by atoms with Gasteiger partial charge in [0.15, 0.2) is 0 Å². The Labute approximate surface area is 174 Å². The molecule has 0 fully saturated rings. The second-order valence-corrected chi connectivity index (χ2v) is 7.12.